The van der Waals surface area contributed by atoms with Crippen LogP contribution in [-0.2, 0) is 10.2 Å². The van der Waals surface area contributed by atoms with Crippen molar-refractivity contribution in [1.82, 2.24) is 0 Å². The number of unbranched alkanes of at least 4 members (excludes halogenated alkanes) is 3. The van der Waals surface area contributed by atoms with E-state index in [2.05, 4.69) is 73.7 Å². The number of fused-ring (bicyclic) bond motifs is 3. The third-order valence-electron chi connectivity index (χ3n) is 9.46. The summed E-state index contributed by atoms with van der Waals surface area (Å²) in [5.41, 5.74) is 2.27. The second-order valence-electron chi connectivity index (χ2n) is 14.1. The van der Waals surface area contributed by atoms with Crippen LogP contribution in [-0.4, -0.2) is 26.1 Å². The van der Waals surface area contributed by atoms with Crippen molar-refractivity contribution in [1.29, 1.82) is 0 Å². The van der Waals surface area contributed by atoms with Crippen LogP contribution < -0.4 is 9.16 Å². The highest BCUT2D eigenvalue weighted by Crippen LogP contribution is 2.57. The molecule has 0 aromatic heterocycles. The molecule has 0 bridgehead atoms. The number of hydrogen-bond donors (Lipinski definition) is 0. The van der Waals surface area contributed by atoms with Gasteiger partial charge in [-0.3, -0.25) is 0 Å². The summed E-state index contributed by atoms with van der Waals surface area (Å²) in [6.07, 6.45) is 9.87. The number of rotatable bonds is 10. The van der Waals surface area contributed by atoms with Crippen LogP contribution in [0.5, 0.6) is 11.5 Å². The first-order valence-corrected chi connectivity index (χ1v) is 17.6. The highest BCUT2D eigenvalue weighted by atomic mass is 35.5. The molecule has 1 aliphatic carbocycles. The van der Waals surface area contributed by atoms with Gasteiger partial charge in [-0.2, -0.15) is 0 Å². The predicted molar refractivity (Wildman–Crippen MR) is 155 cm³/mol. The van der Waals surface area contributed by atoms with E-state index in [1.54, 1.807) is 0 Å². The summed E-state index contributed by atoms with van der Waals surface area (Å²) in [5.74, 6) is 3.56. The molecule has 0 radical (unpaired) electrons. The first-order valence-electron chi connectivity index (χ1n) is 14.2. The number of halogens is 1. The molecule has 1 heterocycles. The summed E-state index contributed by atoms with van der Waals surface area (Å²) in [6, 6.07) is 4.64. The second kappa shape index (κ2) is 11.0. The molecular weight excluding hydrogens is 484 g/mol. The van der Waals surface area contributed by atoms with Crippen molar-refractivity contribution in [3.05, 3.63) is 23.3 Å². The maximum atomic E-state index is 11.8. The Morgan fingerprint density at radius 1 is 1.08 bits per heavy atom. The van der Waals surface area contributed by atoms with Gasteiger partial charge in [-0.15, -0.1) is 11.6 Å². The van der Waals surface area contributed by atoms with E-state index in [0.717, 1.165) is 49.5 Å². The van der Waals surface area contributed by atoms with Crippen molar-refractivity contribution in [2.45, 2.75) is 135 Å². The van der Waals surface area contributed by atoms with E-state index in [0.29, 0.717) is 11.8 Å². The summed E-state index contributed by atoms with van der Waals surface area (Å²) in [4.78, 5) is 11.8. The van der Waals surface area contributed by atoms with E-state index in [4.69, 9.17) is 20.8 Å². The molecule has 0 spiro atoms. The number of ether oxygens (including phenoxy) is 1. The maximum absolute atomic E-state index is 11.8. The normalized spacial score (nSPS) is 23.9. The molecule has 3 nitrogen and oxygen atoms in total. The zero-order valence-corrected chi connectivity index (χ0v) is 26.2. The molecule has 3 rings (SSSR count). The first-order chi connectivity index (χ1) is 16.6. The van der Waals surface area contributed by atoms with E-state index >= 15 is 0 Å². The van der Waals surface area contributed by atoms with Gasteiger partial charge in [0, 0.05) is 23.3 Å². The molecule has 0 saturated heterocycles. The topological polar surface area (TPSA) is 35.5 Å². The summed E-state index contributed by atoms with van der Waals surface area (Å²) in [5, 5.41) is 0.0971. The van der Waals surface area contributed by atoms with Gasteiger partial charge in [-0.25, -0.2) is 0 Å². The molecule has 0 unspecified atom stereocenters. The third kappa shape index (κ3) is 6.34. The Bertz CT molecular complexity index is 915. The molecule has 1 aromatic rings. The molecule has 36 heavy (non-hydrogen) atoms. The number of benzene rings is 1. The van der Waals surface area contributed by atoms with Crippen LogP contribution in [0.1, 0.15) is 117 Å². The van der Waals surface area contributed by atoms with Gasteiger partial charge in [-0.05, 0) is 93.1 Å². The number of carbonyl (C=O) groups excluding carboxylic acids is 1. The Labute approximate surface area is 227 Å². The first kappa shape index (κ1) is 29.6. The van der Waals surface area contributed by atoms with Gasteiger partial charge in [0.05, 0.1) is 0 Å². The fourth-order valence-electron chi connectivity index (χ4n) is 5.95. The van der Waals surface area contributed by atoms with E-state index < -0.39 is 8.32 Å². The van der Waals surface area contributed by atoms with Gasteiger partial charge < -0.3 is 14.0 Å². The van der Waals surface area contributed by atoms with Crippen LogP contribution in [0.2, 0.25) is 18.1 Å². The van der Waals surface area contributed by atoms with E-state index in [-0.39, 0.29) is 22.0 Å². The van der Waals surface area contributed by atoms with Crippen molar-refractivity contribution in [3.63, 3.8) is 0 Å². The lowest BCUT2D eigenvalue weighted by Gasteiger charge is -2.50. The van der Waals surface area contributed by atoms with Crippen molar-refractivity contribution in [2.24, 2.45) is 11.8 Å². The molecular formula is C31H51ClO3Si. The minimum absolute atomic E-state index is 0.0176. The van der Waals surface area contributed by atoms with E-state index in [1.165, 1.54) is 36.7 Å². The fraction of sp³-hybridized carbons (Fsp3) is 0.774. The van der Waals surface area contributed by atoms with Crippen LogP contribution in [0.3, 0.4) is 0 Å². The summed E-state index contributed by atoms with van der Waals surface area (Å²) in [7, 11) is -2.08. The standard InChI is InChI=1S/C31H51ClO3Si/c1-29(2,3)36(8,9)35-27-20-23(30(4,5)16-12-10-11-13-17-32)19-26-28(27)24-18-22(21-33)14-15-25(24)31(6,7)34-26/h19-22,24-25H,10-18H2,1-9H3/t22-,24+,25+/m0/s1. The molecule has 1 aliphatic heterocycles. The highest BCUT2D eigenvalue weighted by molar-refractivity contribution is 6.74. The Morgan fingerprint density at radius 3 is 2.36 bits per heavy atom. The SMILES string of the molecule is CC(C)(CCCCCCCl)c1cc2c(c(O[Si](C)(C)C(C)(C)C)c1)[C@@H]1C[C@@H](C=O)CC[C@H]1C(C)(C)O2. The molecule has 5 heteroatoms. The lowest BCUT2D eigenvalue weighted by Crippen LogP contribution is -2.48. The van der Waals surface area contributed by atoms with Crippen molar-refractivity contribution in [3.8, 4) is 11.5 Å². The molecule has 1 aromatic carbocycles. The monoisotopic (exact) mass is 534 g/mol. The second-order valence-corrected chi connectivity index (χ2v) is 19.2. The fourth-order valence-corrected chi connectivity index (χ4v) is 7.16. The zero-order valence-electron chi connectivity index (χ0n) is 24.4. The third-order valence-corrected chi connectivity index (χ3v) is 14.1. The molecule has 204 valence electrons. The average molecular weight is 535 g/mol. The van der Waals surface area contributed by atoms with E-state index in [9.17, 15) is 4.79 Å². The van der Waals surface area contributed by atoms with Gasteiger partial charge in [0.1, 0.15) is 23.4 Å². The molecule has 1 fully saturated rings. The van der Waals surface area contributed by atoms with Crippen LogP contribution >= 0.6 is 11.6 Å². The predicted octanol–water partition coefficient (Wildman–Crippen LogP) is 9.41. The number of alkyl halides is 1. The van der Waals surface area contributed by atoms with Gasteiger partial charge in [0.25, 0.3) is 0 Å². The van der Waals surface area contributed by atoms with Crippen LogP contribution in [0.15, 0.2) is 12.1 Å². The Balaban J connectivity index is 2.08. The lowest BCUT2D eigenvalue weighted by molar-refractivity contribution is -0.113. The van der Waals surface area contributed by atoms with Gasteiger partial charge in [0.15, 0.2) is 0 Å². The van der Waals surface area contributed by atoms with Crippen molar-refractivity contribution >= 4 is 26.2 Å². The Kier molecular flexibility index (Phi) is 9.03. The molecule has 2 aliphatic rings. The quantitative estimate of drug-likeness (QED) is 0.130. The summed E-state index contributed by atoms with van der Waals surface area (Å²) in [6.45, 7) is 20.7. The lowest BCUT2D eigenvalue weighted by atomic mass is 9.64. The zero-order chi connectivity index (χ0) is 26.9. The average Bonchev–Trinajstić information content (AvgIpc) is 2.76. The van der Waals surface area contributed by atoms with Crippen LogP contribution in [0, 0.1) is 11.8 Å². The minimum atomic E-state index is -2.08. The van der Waals surface area contributed by atoms with Gasteiger partial charge >= 0.3 is 0 Å². The summed E-state index contributed by atoms with van der Waals surface area (Å²) >= 11 is 5.88. The Morgan fingerprint density at radius 2 is 1.75 bits per heavy atom. The molecule has 0 amide bonds. The highest BCUT2D eigenvalue weighted by Gasteiger charge is 2.49. The van der Waals surface area contributed by atoms with Crippen molar-refractivity contribution in [2.75, 3.05) is 5.88 Å². The van der Waals surface area contributed by atoms with Gasteiger partial charge in [-0.1, -0.05) is 53.9 Å². The number of carbonyl (C=O) groups is 1. The van der Waals surface area contributed by atoms with Crippen LogP contribution in [0.25, 0.3) is 0 Å². The largest absolute Gasteiger partial charge is 0.543 e. The molecule has 3 atom stereocenters. The van der Waals surface area contributed by atoms with E-state index in [1.807, 2.05) is 0 Å². The summed E-state index contributed by atoms with van der Waals surface area (Å²) < 4.78 is 13.9. The number of aldehydes is 1. The minimum Gasteiger partial charge on any atom is -0.543 e. The van der Waals surface area contributed by atoms with Crippen molar-refractivity contribution < 1.29 is 14.0 Å². The Hall–Kier alpha value is -1.00. The van der Waals surface area contributed by atoms with Crippen LogP contribution in [0.4, 0.5) is 0 Å². The molecule has 1 saturated carbocycles. The maximum Gasteiger partial charge on any atom is 0.250 e. The smallest absolute Gasteiger partial charge is 0.250 e. The molecule has 0 N–H and O–H groups in total. The van der Waals surface area contributed by atoms with Gasteiger partial charge in [0.2, 0.25) is 8.32 Å². The number of hydrogen-bond acceptors (Lipinski definition) is 3.